The second-order valence-corrected chi connectivity index (χ2v) is 4.25. The number of carbonyl (C=O) groups is 1. The number of nitrogens with one attached hydrogen (secondary N) is 1. The smallest absolute Gasteiger partial charge is 0.320 e. The number of carboxylic acid groups (broad SMARTS) is 1. The van der Waals surface area contributed by atoms with E-state index in [0.29, 0.717) is 6.54 Å². The van der Waals surface area contributed by atoms with Gasteiger partial charge in [-0.05, 0) is 24.4 Å². The first-order valence-corrected chi connectivity index (χ1v) is 5.61. The summed E-state index contributed by atoms with van der Waals surface area (Å²) in [5.41, 5.74) is 1.22. The van der Waals surface area contributed by atoms with Crippen LogP contribution in [-0.4, -0.2) is 23.7 Å². The fraction of sp³-hybridized carbons (Fsp3) is 0.462. The van der Waals surface area contributed by atoms with Crippen LogP contribution in [0.4, 0.5) is 0 Å². The van der Waals surface area contributed by atoms with Gasteiger partial charge in [-0.2, -0.15) is 0 Å². The van der Waals surface area contributed by atoms with Gasteiger partial charge >= 0.3 is 5.97 Å². The fourth-order valence-corrected chi connectivity index (χ4v) is 1.62. The van der Waals surface area contributed by atoms with Crippen molar-refractivity contribution in [3.05, 3.63) is 35.9 Å². The summed E-state index contributed by atoms with van der Waals surface area (Å²) in [7, 11) is 0. The maximum atomic E-state index is 10.9. The standard InChI is InChI=1S/C13H19NO2/c1-10(2)12(13(15)16)14-9-8-11-6-4-3-5-7-11/h3-7,10,12,14H,8-9H2,1-2H3,(H,15,16)/t12-/m0/s1. The summed E-state index contributed by atoms with van der Waals surface area (Å²) < 4.78 is 0. The van der Waals surface area contributed by atoms with Crippen LogP contribution in [-0.2, 0) is 11.2 Å². The first-order chi connectivity index (χ1) is 7.61. The highest BCUT2D eigenvalue weighted by atomic mass is 16.4. The lowest BCUT2D eigenvalue weighted by Gasteiger charge is -2.17. The van der Waals surface area contributed by atoms with E-state index in [2.05, 4.69) is 5.32 Å². The van der Waals surface area contributed by atoms with Crippen molar-refractivity contribution in [3.63, 3.8) is 0 Å². The van der Waals surface area contributed by atoms with Crippen molar-refractivity contribution in [1.82, 2.24) is 5.32 Å². The zero-order chi connectivity index (χ0) is 12.0. The average molecular weight is 221 g/mol. The Morgan fingerprint density at radius 2 is 1.94 bits per heavy atom. The summed E-state index contributed by atoms with van der Waals surface area (Å²) in [5.74, 6) is -0.670. The minimum absolute atomic E-state index is 0.105. The third kappa shape index (κ3) is 4.03. The number of hydrogen-bond acceptors (Lipinski definition) is 2. The molecule has 1 atom stereocenters. The maximum absolute atomic E-state index is 10.9. The third-order valence-corrected chi connectivity index (χ3v) is 2.55. The quantitative estimate of drug-likeness (QED) is 0.771. The van der Waals surface area contributed by atoms with Crippen LogP contribution >= 0.6 is 0 Å². The molecule has 0 spiro atoms. The van der Waals surface area contributed by atoms with Crippen molar-refractivity contribution in [1.29, 1.82) is 0 Å². The minimum Gasteiger partial charge on any atom is -0.480 e. The van der Waals surface area contributed by atoms with Gasteiger partial charge in [0.05, 0.1) is 0 Å². The van der Waals surface area contributed by atoms with Crippen molar-refractivity contribution >= 4 is 5.97 Å². The molecule has 0 bridgehead atoms. The van der Waals surface area contributed by atoms with Crippen molar-refractivity contribution < 1.29 is 9.90 Å². The van der Waals surface area contributed by atoms with Crippen LogP contribution in [0.1, 0.15) is 19.4 Å². The number of carboxylic acids is 1. The van der Waals surface area contributed by atoms with Gasteiger partial charge in [0.1, 0.15) is 6.04 Å². The summed E-state index contributed by atoms with van der Waals surface area (Å²) in [6, 6.07) is 9.60. The molecule has 0 aliphatic heterocycles. The number of aliphatic carboxylic acids is 1. The predicted octanol–water partition coefficient (Wildman–Crippen LogP) is 1.93. The molecule has 0 aliphatic carbocycles. The fourth-order valence-electron chi connectivity index (χ4n) is 1.62. The lowest BCUT2D eigenvalue weighted by molar-refractivity contribution is -0.140. The van der Waals surface area contributed by atoms with Gasteiger partial charge in [-0.1, -0.05) is 44.2 Å². The molecule has 1 rings (SSSR count). The molecular formula is C13H19NO2. The molecule has 3 nitrogen and oxygen atoms in total. The van der Waals surface area contributed by atoms with Crippen LogP contribution in [0.25, 0.3) is 0 Å². The summed E-state index contributed by atoms with van der Waals surface area (Å²) in [5, 5.41) is 12.0. The second kappa shape index (κ2) is 6.28. The van der Waals surface area contributed by atoms with E-state index < -0.39 is 12.0 Å². The molecule has 0 aromatic heterocycles. The first kappa shape index (κ1) is 12.7. The van der Waals surface area contributed by atoms with Gasteiger partial charge in [0.25, 0.3) is 0 Å². The van der Waals surface area contributed by atoms with Crippen LogP contribution in [0.5, 0.6) is 0 Å². The van der Waals surface area contributed by atoms with E-state index in [1.54, 1.807) is 0 Å². The van der Waals surface area contributed by atoms with E-state index in [-0.39, 0.29) is 5.92 Å². The van der Waals surface area contributed by atoms with Crippen LogP contribution in [0, 0.1) is 5.92 Å². The average Bonchev–Trinajstić information content (AvgIpc) is 2.24. The molecule has 0 fully saturated rings. The van der Waals surface area contributed by atoms with E-state index in [1.807, 2.05) is 44.2 Å². The summed E-state index contributed by atoms with van der Waals surface area (Å²) >= 11 is 0. The van der Waals surface area contributed by atoms with Gasteiger partial charge in [-0.3, -0.25) is 4.79 Å². The van der Waals surface area contributed by atoms with Crippen LogP contribution in [0.3, 0.4) is 0 Å². The molecular weight excluding hydrogens is 202 g/mol. The molecule has 0 heterocycles. The lowest BCUT2D eigenvalue weighted by Crippen LogP contribution is -2.41. The van der Waals surface area contributed by atoms with Crippen LogP contribution in [0.15, 0.2) is 30.3 Å². The van der Waals surface area contributed by atoms with Gasteiger partial charge in [-0.25, -0.2) is 0 Å². The first-order valence-electron chi connectivity index (χ1n) is 5.61. The molecule has 88 valence electrons. The number of benzene rings is 1. The van der Waals surface area contributed by atoms with Gasteiger partial charge in [0, 0.05) is 0 Å². The Morgan fingerprint density at radius 3 is 2.44 bits per heavy atom. The van der Waals surface area contributed by atoms with Crippen LogP contribution < -0.4 is 5.32 Å². The van der Waals surface area contributed by atoms with E-state index in [4.69, 9.17) is 5.11 Å². The van der Waals surface area contributed by atoms with Gasteiger partial charge in [-0.15, -0.1) is 0 Å². The monoisotopic (exact) mass is 221 g/mol. The van der Waals surface area contributed by atoms with Gasteiger partial charge in [0.2, 0.25) is 0 Å². The minimum atomic E-state index is -0.775. The maximum Gasteiger partial charge on any atom is 0.320 e. The van der Waals surface area contributed by atoms with E-state index in [1.165, 1.54) is 5.56 Å². The molecule has 0 saturated carbocycles. The van der Waals surface area contributed by atoms with Crippen molar-refractivity contribution in [3.8, 4) is 0 Å². The normalized spacial score (nSPS) is 12.7. The predicted molar refractivity (Wildman–Crippen MR) is 64.4 cm³/mol. The molecule has 1 aromatic rings. The molecule has 0 unspecified atom stereocenters. The SMILES string of the molecule is CC(C)[C@H](NCCc1ccccc1)C(=O)O. The van der Waals surface area contributed by atoms with E-state index in [0.717, 1.165) is 6.42 Å². The summed E-state index contributed by atoms with van der Waals surface area (Å²) in [4.78, 5) is 10.9. The van der Waals surface area contributed by atoms with Gasteiger partial charge in [0.15, 0.2) is 0 Å². The van der Waals surface area contributed by atoms with Crippen molar-refractivity contribution in [2.75, 3.05) is 6.54 Å². The molecule has 16 heavy (non-hydrogen) atoms. The van der Waals surface area contributed by atoms with Gasteiger partial charge < -0.3 is 10.4 Å². The Morgan fingerprint density at radius 1 is 1.31 bits per heavy atom. The Labute approximate surface area is 96.5 Å². The van der Waals surface area contributed by atoms with Crippen molar-refractivity contribution in [2.45, 2.75) is 26.3 Å². The van der Waals surface area contributed by atoms with E-state index in [9.17, 15) is 4.79 Å². The van der Waals surface area contributed by atoms with Crippen molar-refractivity contribution in [2.24, 2.45) is 5.92 Å². The highest BCUT2D eigenvalue weighted by Crippen LogP contribution is 2.03. The molecule has 0 amide bonds. The Balaban J connectivity index is 2.37. The molecule has 0 radical (unpaired) electrons. The molecule has 1 aromatic carbocycles. The zero-order valence-electron chi connectivity index (χ0n) is 9.81. The molecule has 2 N–H and O–H groups in total. The molecule has 3 heteroatoms. The third-order valence-electron chi connectivity index (χ3n) is 2.55. The number of rotatable bonds is 6. The molecule has 0 saturated heterocycles. The number of hydrogen-bond donors (Lipinski definition) is 2. The largest absolute Gasteiger partial charge is 0.480 e. The lowest BCUT2D eigenvalue weighted by atomic mass is 10.0. The highest BCUT2D eigenvalue weighted by Gasteiger charge is 2.19. The Kier molecular flexibility index (Phi) is 4.99. The molecule has 0 aliphatic rings. The highest BCUT2D eigenvalue weighted by molar-refractivity contribution is 5.73. The summed E-state index contributed by atoms with van der Waals surface area (Å²) in [6.45, 7) is 4.52. The Bertz CT molecular complexity index is 322. The van der Waals surface area contributed by atoms with Crippen LogP contribution in [0.2, 0.25) is 0 Å². The zero-order valence-corrected chi connectivity index (χ0v) is 9.81. The second-order valence-electron chi connectivity index (χ2n) is 4.25. The topological polar surface area (TPSA) is 49.3 Å². The Hall–Kier alpha value is -1.35. The van der Waals surface area contributed by atoms with E-state index >= 15 is 0 Å². The summed E-state index contributed by atoms with van der Waals surface area (Å²) in [6.07, 6.45) is 0.858.